The first-order valence-corrected chi connectivity index (χ1v) is 11.5. The minimum atomic E-state index is -1.38. The number of fused-ring (bicyclic) bond motifs is 4. The number of hydrogen-bond donors (Lipinski definition) is 2. The molecule has 8 nitrogen and oxygen atoms in total. The van der Waals surface area contributed by atoms with Gasteiger partial charge in [-0.15, -0.1) is 0 Å². The summed E-state index contributed by atoms with van der Waals surface area (Å²) in [5.74, 6) is -1.04. The molecule has 3 heterocycles. The lowest BCUT2D eigenvalue weighted by Gasteiger charge is -2.53. The number of anilines is 2. The van der Waals surface area contributed by atoms with Crippen LogP contribution in [-0.4, -0.2) is 46.8 Å². The average Bonchev–Trinajstić information content (AvgIpc) is 2.97. The van der Waals surface area contributed by atoms with Gasteiger partial charge in [-0.05, 0) is 63.8 Å². The van der Waals surface area contributed by atoms with Crippen LogP contribution in [0.2, 0.25) is 0 Å². The van der Waals surface area contributed by atoms with Crippen molar-refractivity contribution in [3.05, 3.63) is 23.8 Å². The molecule has 2 saturated heterocycles. The zero-order valence-corrected chi connectivity index (χ0v) is 19.3. The molecule has 3 aliphatic rings. The van der Waals surface area contributed by atoms with E-state index >= 15 is 0 Å². The highest BCUT2D eigenvalue weighted by Crippen LogP contribution is 2.48. The van der Waals surface area contributed by atoms with Gasteiger partial charge in [0.25, 0.3) is 0 Å². The fraction of sp³-hybridized carbons (Fsp3) is 0.583. The van der Waals surface area contributed by atoms with E-state index in [-0.39, 0.29) is 18.4 Å². The second-order valence-electron chi connectivity index (χ2n) is 10.0. The average molecular weight is 441 g/mol. The second-order valence-corrected chi connectivity index (χ2v) is 10.0. The van der Waals surface area contributed by atoms with Gasteiger partial charge in [0.2, 0.25) is 17.7 Å². The second kappa shape index (κ2) is 7.90. The fourth-order valence-corrected chi connectivity index (χ4v) is 5.37. The Kier molecular flexibility index (Phi) is 5.51. The summed E-state index contributed by atoms with van der Waals surface area (Å²) in [5, 5.41) is 5.37. The molecule has 2 atom stereocenters. The molecule has 172 valence electrons. The summed E-state index contributed by atoms with van der Waals surface area (Å²) in [6.07, 6.45) is 4.19. The highest BCUT2D eigenvalue weighted by atomic mass is 16.2. The number of nitrogens with zero attached hydrogens (tertiary/aromatic N) is 2. The fourth-order valence-electron chi connectivity index (χ4n) is 5.37. The molecule has 2 N–H and O–H groups in total. The zero-order chi connectivity index (χ0) is 23.3. The highest BCUT2D eigenvalue weighted by molar-refractivity contribution is 6.20. The molecule has 2 fully saturated rings. The predicted molar refractivity (Wildman–Crippen MR) is 121 cm³/mol. The van der Waals surface area contributed by atoms with Crippen LogP contribution in [0.5, 0.6) is 0 Å². The van der Waals surface area contributed by atoms with Crippen LogP contribution in [0.3, 0.4) is 0 Å². The topological polar surface area (TPSA) is 98.8 Å². The van der Waals surface area contributed by atoms with E-state index in [1.807, 2.05) is 18.2 Å². The van der Waals surface area contributed by atoms with Gasteiger partial charge in [-0.1, -0.05) is 19.8 Å². The van der Waals surface area contributed by atoms with Crippen molar-refractivity contribution in [2.45, 2.75) is 77.8 Å². The summed E-state index contributed by atoms with van der Waals surface area (Å²) in [6.45, 7) is 7.92. The standard InChI is InChI=1S/C24H32N4O4/c1-5-19(29)25-16-10-11-17-15(13-16)14-24(18-9-7-6-8-12-27(17)18)20(30)26-22(32)28(21(24)31)23(2,3)4/h10-11,13,18H,5-9,12,14H2,1-4H3,(H,25,29)(H,26,30,32)/t18-,24+/m0/s1. The molecule has 1 spiro atoms. The van der Waals surface area contributed by atoms with Crippen LogP contribution in [0.15, 0.2) is 18.2 Å². The normalized spacial score (nSPS) is 25.8. The first-order valence-electron chi connectivity index (χ1n) is 11.5. The lowest BCUT2D eigenvalue weighted by Crippen LogP contribution is -2.74. The number of carbonyl (C=O) groups excluding carboxylic acids is 4. The minimum absolute atomic E-state index is 0.0980. The lowest BCUT2D eigenvalue weighted by atomic mass is 9.67. The maximum Gasteiger partial charge on any atom is 0.331 e. The third-order valence-electron chi connectivity index (χ3n) is 6.87. The third kappa shape index (κ3) is 3.45. The Balaban J connectivity index is 1.86. The Morgan fingerprint density at radius 2 is 1.94 bits per heavy atom. The van der Waals surface area contributed by atoms with E-state index in [1.54, 1.807) is 27.7 Å². The Morgan fingerprint density at radius 1 is 1.19 bits per heavy atom. The van der Waals surface area contributed by atoms with Crippen LogP contribution in [0.4, 0.5) is 16.2 Å². The molecule has 0 aromatic heterocycles. The summed E-state index contributed by atoms with van der Waals surface area (Å²) in [7, 11) is 0. The first kappa shape index (κ1) is 22.3. The molecule has 4 rings (SSSR count). The molecule has 0 aliphatic carbocycles. The molecule has 0 radical (unpaired) electrons. The van der Waals surface area contributed by atoms with Gasteiger partial charge in [-0.2, -0.15) is 0 Å². The largest absolute Gasteiger partial charge is 0.367 e. The molecule has 0 unspecified atom stereocenters. The monoisotopic (exact) mass is 440 g/mol. The van der Waals surface area contributed by atoms with E-state index in [0.717, 1.165) is 37.1 Å². The zero-order valence-electron chi connectivity index (χ0n) is 19.3. The van der Waals surface area contributed by atoms with Gasteiger partial charge in [0, 0.05) is 29.9 Å². The van der Waals surface area contributed by atoms with E-state index in [0.29, 0.717) is 18.5 Å². The van der Waals surface area contributed by atoms with Gasteiger partial charge in [0.05, 0.1) is 6.04 Å². The lowest BCUT2D eigenvalue weighted by molar-refractivity contribution is -0.157. The highest BCUT2D eigenvalue weighted by Gasteiger charge is 2.63. The summed E-state index contributed by atoms with van der Waals surface area (Å²) in [5.41, 5.74) is 0.333. The summed E-state index contributed by atoms with van der Waals surface area (Å²) >= 11 is 0. The number of nitrogens with one attached hydrogen (secondary N) is 2. The third-order valence-corrected chi connectivity index (χ3v) is 6.87. The smallest absolute Gasteiger partial charge is 0.331 e. The van der Waals surface area contributed by atoms with Crippen LogP contribution in [-0.2, 0) is 20.8 Å². The van der Waals surface area contributed by atoms with Crippen molar-refractivity contribution in [1.29, 1.82) is 0 Å². The Bertz CT molecular complexity index is 983. The molecule has 3 aliphatic heterocycles. The maximum atomic E-state index is 14.0. The number of carbonyl (C=O) groups is 4. The molecule has 5 amide bonds. The number of rotatable bonds is 2. The molecule has 1 aromatic carbocycles. The van der Waals surface area contributed by atoms with Gasteiger partial charge >= 0.3 is 6.03 Å². The molecule has 0 saturated carbocycles. The van der Waals surface area contributed by atoms with Crippen LogP contribution in [0.1, 0.15) is 65.4 Å². The number of hydrogen-bond acceptors (Lipinski definition) is 5. The van der Waals surface area contributed by atoms with Crippen LogP contribution in [0, 0.1) is 5.41 Å². The van der Waals surface area contributed by atoms with Crippen molar-refractivity contribution in [1.82, 2.24) is 10.2 Å². The molecule has 32 heavy (non-hydrogen) atoms. The van der Waals surface area contributed by atoms with E-state index < -0.39 is 28.8 Å². The summed E-state index contributed by atoms with van der Waals surface area (Å²) in [4.78, 5) is 55.5. The molecule has 0 bridgehead atoms. The van der Waals surface area contributed by atoms with E-state index in [9.17, 15) is 19.2 Å². The van der Waals surface area contributed by atoms with Gasteiger partial charge in [0.1, 0.15) is 0 Å². The molecule has 8 heteroatoms. The minimum Gasteiger partial charge on any atom is -0.367 e. The Labute approximate surface area is 188 Å². The number of barbiturate groups is 1. The molecular formula is C24H32N4O4. The summed E-state index contributed by atoms with van der Waals surface area (Å²) < 4.78 is 0. The van der Waals surface area contributed by atoms with Gasteiger partial charge in [-0.25, -0.2) is 4.79 Å². The van der Waals surface area contributed by atoms with Crippen molar-refractivity contribution in [3.63, 3.8) is 0 Å². The molecule has 1 aromatic rings. The van der Waals surface area contributed by atoms with Gasteiger partial charge < -0.3 is 10.2 Å². The number of amides is 5. The van der Waals surface area contributed by atoms with Crippen molar-refractivity contribution >= 4 is 35.1 Å². The summed E-state index contributed by atoms with van der Waals surface area (Å²) in [6, 6.07) is 4.74. The van der Waals surface area contributed by atoms with Crippen LogP contribution < -0.4 is 15.5 Å². The van der Waals surface area contributed by atoms with Crippen molar-refractivity contribution in [3.8, 4) is 0 Å². The van der Waals surface area contributed by atoms with Crippen molar-refractivity contribution in [2.24, 2.45) is 5.41 Å². The Hall–Kier alpha value is -2.90. The number of imide groups is 2. The van der Waals surface area contributed by atoms with Gasteiger partial charge in [-0.3, -0.25) is 24.6 Å². The van der Waals surface area contributed by atoms with Crippen molar-refractivity contribution < 1.29 is 19.2 Å². The van der Waals surface area contributed by atoms with Gasteiger partial charge in [0.15, 0.2) is 5.41 Å². The van der Waals surface area contributed by atoms with E-state index in [4.69, 9.17) is 0 Å². The maximum absolute atomic E-state index is 14.0. The Morgan fingerprint density at radius 3 is 2.62 bits per heavy atom. The quantitative estimate of drug-likeness (QED) is 0.688. The molecular weight excluding hydrogens is 408 g/mol. The predicted octanol–water partition coefficient (Wildman–Crippen LogP) is 3.20. The number of urea groups is 1. The van der Waals surface area contributed by atoms with E-state index in [2.05, 4.69) is 15.5 Å². The first-order chi connectivity index (χ1) is 15.1. The SMILES string of the molecule is CCC(=O)Nc1ccc2c(c1)C[C@]1(C(=O)NC(=O)N(C(C)(C)C)C1=O)[C@@H]1CCCCCN21. The van der Waals surface area contributed by atoms with Crippen molar-refractivity contribution in [2.75, 3.05) is 16.8 Å². The van der Waals surface area contributed by atoms with E-state index in [1.165, 1.54) is 4.90 Å². The van der Waals surface area contributed by atoms with Crippen LogP contribution >= 0.6 is 0 Å². The number of benzene rings is 1. The van der Waals surface area contributed by atoms with Crippen LogP contribution in [0.25, 0.3) is 0 Å².